The Morgan fingerprint density at radius 3 is 2.40 bits per heavy atom. The van der Waals surface area contributed by atoms with Crippen molar-refractivity contribution in [1.82, 2.24) is 0 Å². The standard InChI is InChI=1S/C12H18O3/c1-2-10(9-6-4-3-5-7-9)12(8-13)11(14)15-12/h13H,2-8H2,1H3. The molecule has 0 aromatic carbocycles. The van der Waals surface area contributed by atoms with Crippen molar-refractivity contribution in [2.45, 2.75) is 51.0 Å². The van der Waals surface area contributed by atoms with Crippen molar-refractivity contribution in [3.8, 4) is 0 Å². The predicted molar refractivity (Wildman–Crippen MR) is 56.3 cm³/mol. The molecule has 1 aliphatic heterocycles. The number of aliphatic hydroxyl groups excluding tert-OH is 1. The van der Waals surface area contributed by atoms with Gasteiger partial charge in [0.15, 0.2) is 0 Å². The second-order valence-corrected chi connectivity index (χ2v) is 4.37. The van der Waals surface area contributed by atoms with Crippen LogP contribution in [0.5, 0.6) is 0 Å². The van der Waals surface area contributed by atoms with Crippen molar-refractivity contribution in [3.63, 3.8) is 0 Å². The van der Waals surface area contributed by atoms with Crippen molar-refractivity contribution < 1.29 is 14.6 Å². The van der Waals surface area contributed by atoms with Crippen molar-refractivity contribution in [1.29, 1.82) is 0 Å². The number of allylic oxidation sites excluding steroid dienone is 1. The molecule has 1 saturated heterocycles. The van der Waals surface area contributed by atoms with E-state index in [0.29, 0.717) is 0 Å². The molecule has 84 valence electrons. The molecule has 2 aliphatic rings. The van der Waals surface area contributed by atoms with Crippen LogP contribution in [0.15, 0.2) is 11.1 Å². The Bertz CT molecular complexity index is 298. The summed E-state index contributed by atoms with van der Waals surface area (Å²) in [6, 6.07) is 0. The summed E-state index contributed by atoms with van der Waals surface area (Å²) < 4.78 is 5.01. The number of aliphatic hydroxyl groups is 1. The average Bonchev–Trinajstić information content (AvgIpc) is 2.93. The van der Waals surface area contributed by atoms with Crippen LogP contribution in [0, 0.1) is 0 Å². The first-order chi connectivity index (χ1) is 7.24. The highest BCUT2D eigenvalue weighted by atomic mass is 16.7. The van der Waals surface area contributed by atoms with Crippen LogP contribution in [-0.4, -0.2) is 23.3 Å². The average molecular weight is 210 g/mol. The molecule has 0 aromatic heterocycles. The van der Waals surface area contributed by atoms with Gasteiger partial charge in [0, 0.05) is 0 Å². The molecule has 1 heterocycles. The zero-order valence-corrected chi connectivity index (χ0v) is 9.21. The summed E-state index contributed by atoms with van der Waals surface area (Å²) in [7, 11) is 0. The van der Waals surface area contributed by atoms with Gasteiger partial charge in [-0.2, -0.15) is 0 Å². The second kappa shape index (κ2) is 3.97. The van der Waals surface area contributed by atoms with Gasteiger partial charge in [0.05, 0.1) is 6.61 Å². The molecule has 1 N–H and O–H groups in total. The van der Waals surface area contributed by atoms with E-state index in [4.69, 9.17) is 4.74 Å². The molecule has 0 bridgehead atoms. The van der Waals surface area contributed by atoms with E-state index in [0.717, 1.165) is 24.8 Å². The van der Waals surface area contributed by atoms with Gasteiger partial charge in [0.2, 0.25) is 0 Å². The number of carbonyl (C=O) groups is 1. The minimum atomic E-state index is -0.929. The summed E-state index contributed by atoms with van der Waals surface area (Å²) in [5.41, 5.74) is 1.47. The Morgan fingerprint density at radius 2 is 2.00 bits per heavy atom. The first-order valence-electron chi connectivity index (χ1n) is 5.80. The molecule has 1 saturated carbocycles. The third-order valence-electron chi connectivity index (χ3n) is 3.50. The summed E-state index contributed by atoms with van der Waals surface area (Å²) in [5.74, 6) is -0.250. The molecule has 2 rings (SSSR count). The fourth-order valence-corrected chi connectivity index (χ4v) is 2.61. The SMILES string of the molecule is CCC(=C1CCCCC1)C1(CO)OC1=O. The summed E-state index contributed by atoms with van der Waals surface area (Å²) in [6.07, 6.45) is 6.63. The van der Waals surface area contributed by atoms with E-state index in [1.807, 2.05) is 6.92 Å². The topological polar surface area (TPSA) is 49.8 Å². The van der Waals surface area contributed by atoms with Crippen LogP contribution in [0.3, 0.4) is 0 Å². The Hall–Kier alpha value is -0.830. The van der Waals surface area contributed by atoms with Crippen molar-refractivity contribution in [2.75, 3.05) is 6.61 Å². The van der Waals surface area contributed by atoms with Crippen LogP contribution in [0.25, 0.3) is 0 Å². The van der Waals surface area contributed by atoms with Gasteiger partial charge in [0.1, 0.15) is 0 Å². The summed E-state index contributed by atoms with van der Waals surface area (Å²) in [4.78, 5) is 11.3. The molecule has 3 nitrogen and oxygen atoms in total. The molecule has 0 spiro atoms. The number of rotatable bonds is 3. The zero-order chi connectivity index (χ0) is 10.9. The number of epoxide rings is 1. The number of cyclic esters (lactones) is 1. The minimum absolute atomic E-state index is 0.196. The molecular weight excluding hydrogens is 192 g/mol. The largest absolute Gasteiger partial charge is 0.437 e. The Labute approximate surface area is 90.1 Å². The molecule has 1 atom stereocenters. The quantitative estimate of drug-likeness (QED) is 0.572. The third-order valence-corrected chi connectivity index (χ3v) is 3.50. The van der Waals surface area contributed by atoms with Gasteiger partial charge in [-0.05, 0) is 37.7 Å². The van der Waals surface area contributed by atoms with E-state index < -0.39 is 5.60 Å². The van der Waals surface area contributed by atoms with Gasteiger partial charge in [0.25, 0.3) is 5.60 Å². The second-order valence-electron chi connectivity index (χ2n) is 4.37. The van der Waals surface area contributed by atoms with Crippen LogP contribution in [-0.2, 0) is 9.53 Å². The Kier molecular flexibility index (Phi) is 2.83. The zero-order valence-electron chi connectivity index (χ0n) is 9.21. The molecule has 2 fully saturated rings. The molecule has 0 amide bonds. The number of carbonyl (C=O) groups excluding carboxylic acids is 1. The minimum Gasteiger partial charge on any atom is -0.437 e. The van der Waals surface area contributed by atoms with E-state index in [1.54, 1.807) is 0 Å². The molecule has 1 aliphatic carbocycles. The smallest absolute Gasteiger partial charge is 0.359 e. The van der Waals surface area contributed by atoms with Crippen LogP contribution in [0.1, 0.15) is 45.4 Å². The highest BCUT2D eigenvalue weighted by Crippen LogP contribution is 2.42. The molecule has 0 radical (unpaired) electrons. The van der Waals surface area contributed by atoms with E-state index in [1.165, 1.54) is 24.8 Å². The maximum absolute atomic E-state index is 11.3. The van der Waals surface area contributed by atoms with Crippen LogP contribution < -0.4 is 0 Å². The number of hydrogen-bond acceptors (Lipinski definition) is 3. The maximum atomic E-state index is 11.3. The lowest BCUT2D eigenvalue weighted by Gasteiger charge is -2.20. The number of ether oxygens (including phenoxy) is 1. The van der Waals surface area contributed by atoms with E-state index >= 15 is 0 Å². The highest BCUT2D eigenvalue weighted by Gasteiger charge is 2.60. The lowest BCUT2D eigenvalue weighted by Crippen LogP contribution is -2.23. The fraction of sp³-hybridized carbons (Fsp3) is 0.750. The summed E-state index contributed by atoms with van der Waals surface area (Å²) >= 11 is 0. The number of hydrogen-bond donors (Lipinski definition) is 1. The summed E-state index contributed by atoms with van der Waals surface area (Å²) in [6.45, 7) is 1.84. The molecule has 0 aromatic rings. The van der Waals surface area contributed by atoms with Gasteiger partial charge in [-0.1, -0.05) is 18.9 Å². The van der Waals surface area contributed by atoms with Gasteiger partial charge < -0.3 is 9.84 Å². The maximum Gasteiger partial charge on any atom is 0.359 e. The van der Waals surface area contributed by atoms with E-state index in [2.05, 4.69) is 0 Å². The Balaban J connectivity index is 2.25. The van der Waals surface area contributed by atoms with Crippen LogP contribution >= 0.6 is 0 Å². The summed E-state index contributed by atoms with van der Waals surface area (Å²) in [5, 5.41) is 9.28. The lowest BCUT2D eigenvalue weighted by molar-refractivity contribution is -0.117. The predicted octanol–water partition coefficient (Wildman–Crippen LogP) is 1.94. The molecular formula is C12H18O3. The van der Waals surface area contributed by atoms with Crippen molar-refractivity contribution >= 4 is 5.97 Å². The Morgan fingerprint density at radius 1 is 1.40 bits per heavy atom. The van der Waals surface area contributed by atoms with Gasteiger partial charge in [-0.15, -0.1) is 0 Å². The third kappa shape index (κ3) is 1.69. The highest BCUT2D eigenvalue weighted by molar-refractivity contribution is 5.97. The van der Waals surface area contributed by atoms with E-state index in [-0.39, 0.29) is 12.6 Å². The van der Waals surface area contributed by atoms with Gasteiger partial charge >= 0.3 is 5.97 Å². The van der Waals surface area contributed by atoms with Crippen LogP contribution in [0.2, 0.25) is 0 Å². The molecule has 3 heteroatoms. The van der Waals surface area contributed by atoms with Gasteiger partial charge in [-0.25, -0.2) is 4.79 Å². The van der Waals surface area contributed by atoms with Crippen molar-refractivity contribution in [2.24, 2.45) is 0 Å². The molecule has 1 unspecified atom stereocenters. The van der Waals surface area contributed by atoms with Crippen molar-refractivity contribution in [3.05, 3.63) is 11.1 Å². The van der Waals surface area contributed by atoms with Gasteiger partial charge in [-0.3, -0.25) is 0 Å². The fourth-order valence-electron chi connectivity index (χ4n) is 2.61. The lowest BCUT2D eigenvalue weighted by atomic mass is 9.84. The monoisotopic (exact) mass is 210 g/mol. The molecule has 15 heavy (non-hydrogen) atoms. The van der Waals surface area contributed by atoms with E-state index in [9.17, 15) is 9.90 Å². The normalized spacial score (nSPS) is 30.0. The first kappa shape index (κ1) is 10.7. The van der Waals surface area contributed by atoms with Crippen LogP contribution in [0.4, 0.5) is 0 Å². The first-order valence-corrected chi connectivity index (χ1v) is 5.80.